The molecule has 1 unspecified atom stereocenters. The molecule has 0 radical (unpaired) electrons. The molecule has 1 spiro atoms. The van der Waals surface area contributed by atoms with E-state index in [4.69, 9.17) is 4.98 Å². The maximum Gasteiger partial charge on any atom is 0.183 e. The van der Waals surface area contributed by atoms with Gasteiger partial charge in [-0.05, 0) is 102 Å². The average Bonchev–Trinajstić information content (AvgIpc) is 3.94. The van der Waals surface area contributed by atoms with Gasteiger partial charge >= 0.3 is 0 Å². The molecule has 0 bridgehead atoms. The van der Waals surface area contributed by atoms with Crippen LogP contribution in [0.3, 0.4) is 0 Å². The van der Waals surface area contributed by atoms with Gasteiger partial charge in [0.2, 0.25) is 0 Å². The van der Waals surface area contributed by atoms with Gasteiger partial charge in [0.1, 0.15) is 5.01 Å². The number of rotatable bonds is 3. The summed E-state index contributed by atoms with van der Waals surface area (Å²) in [6.07, 6.45) is 0. The number of benzene rings is 9. The fourth-order valence-electron chi connectivity index (χ4n) is 10.6. The minimum atomic E-state index is -2.88. The van der Waals surface area contributed by atoms with E-state index in [0.29, 0.717) is 0 Å². The highest BCUT2D eigenvalue weighted by molar-refractivity contribution is 7.26. The molecule has 1 aromatic heterocycles. The van der Waals surface area contributed by atoms with E-state index in [2.05, 4.69) is 211 Å². The zero-order chi connectivity index (χ0) is 38.7. The Labute approximate surface area is 348 Å². The second-order valence-electron chi connectivity index (χ2n) is 15.7. The van der Waals surface area contributed by atoms with Crippen LogP contribution in [-0.4, -0.2) is 13.1 Å². The summed E-state index contributed by atoms with van der Waals surface area (Å²) in [7, 11) is -2.88. The van der Waals surface area contributed by atoms with E-state index in [-0.39, 0.29) is 0 Å². The first-order valence-corrected chi connectivity index (χ1v) is 23.1. The topological polar surface area (TPSA) is 16.1 Å². The van der Waals surface area contributed by atoms with Crippen LogP contribution in [-0.2, 0) is 0 Å². The van der Waals surface area contributed by atoms with Crippen molar-refractivity contribution >= 4 is 67.4 Å². The van der Waals surface area contributed by atoms with E-state index in [0.717, 1.165) is 16.2 Å². The van der Waals surface area contributed by atoms with Gasteiger partial charge in [0.05, 0.1) is 21.6 Å². The van der Waals surface area contributed by atoms with Crippen molar-refractivity contribution in [3.63, 3.8) is 0 Å². The van der Waals surface area contributed by atoms with Crippen LogP contribution < -0.4 is 25.6 Å². The van der Waals surface area contributed by atoms with Gasteiger partial charge in [0.15, 0.2) is 8.07 Å². The van der Waals surface area contributed by atoms with Crippen LogP contribution in [0.1, 0.15) is 0 Å². The summed E-state index contributed by atoms with van der Waals surface area (Å²) in [6.45, 7) is 0. The van der Waals surface area contributed by atoms with Crippen LogP contribution in [0.5, 0.6) is 0 Å². The van der Waals surface area contributed by atoms with Crippen LogP contribution in [0.15, 0.2) is 206 Å². The van der Waals surface area contributed by atoms with E-state index < -0.39 is 8.07 Å². The lowest BCUT2D eigenvalue weighted by molar-refractivity contribution is 1.29. The van der Waals surface area contributed by atoms with Crippen molar-refractivity contribution in [2.75, 3.05) is 4.90 Å². The second kappa shape index (κ2) is 12.4. The molecule has 0 fully saturated rings. The summed E-state index contributed by atoms with van der Waals surface area (Å²) in [6, 6.07) is 76.9. The predicted octanol–water partition coefficient (Wildman–Crippen LogP) is 12.1. The standard InChI is InChI=1S/C55H34N2SSi/c1-2-16-39-38(15-1)40-17-3-8-26-48(40)57(49-27-9-4-18-41(39)49)36-33-31-35(32-34-36)37-21-13-22-44-42-19-5-11-29-51(42)59(53(37)44)52-30-12-6-20-43(52)45-23-14-24-46(54(45)59)55-56-47-25-7-10-28-50(47)58-55/h1-34H. The minimum absolute atomic E-state index is 1.06. The number of nitrogens with zero attached hydrogens (tertiary/aromatic N) is 2. The van der Waals surface area contributed by atoms with E-state index in [1.807, 2.05) is 11.3 Å². The number of anilines is 3. The van der Waals surface area contributed by atoms with Crippen LogP contribution in [0.25, 0.3) is 76.4 Å². The number of thiazole rings is 1. The minimum Gasteiger partial charge on any atom is -0.309 e. The maximum atomic E-state index is 5.31. The van der Waals surface area contributed by atoms with Crippen molar-refractivity contribution in [2.24, 2.45) is 0 Å². The molecular formula is C55H34N2SSi. The molecule has 274 valence electrons. The number of hydrogen-bond donors (Lipinski definition) is 0. The molecule has 0 saturated heterocycles. The summed E-state index contributed by atoms with van der Waals surface area (Å²) in [5.74, 6) is 0. The number of fused-ring (bicyclic) bond motifs is 16. The van der Waals surface area contributed by atoms with Crippen LogP contribution >= 0.6 is 11.3 Å². The smallest absolute Gasteiger partial charge is 0.183 e. The molecule has 9 aromatic carbocycles. The normalized spacial score (nSPS) is 15.2. The molecule has 1 atom stereocenters. The third-order valence-corrected chi connectivity index (χ3v) is 19.0. The lowest BCUT2D eigenvalue weighted by Gasteiger charge is -2.31. The van der Waals surface area contributed by atoms with Gasteiger partial charge in [-0.1, -0.05) is 170 Å². The van der Waals surface area contributed by atoms with Crippen molar-refractivity contribution in [2.45, 2.75) is 0 Å². The molecule has 13 rings (SSSR count). The predicted molar refractivity (Wildman–Crippen MR) is 251 cm³/mol. The lowest BCUT2D eigenvalue weighted by atomic mass is 9.95. The molecule has 10 aromatic rings. The van der Waals surface area contributed by atoms with Crippen LogP contribution in [0.2, 0.25) is 0 Å². The summed E-state index contributed by atoms with van der Waals surface area (Å²) >= 11 is 1.81. The third kappa shape index (κ3) is 4.47. The molecule has 4 heterocycles. The fourth-order valence-corrected chi connectivity index (χ4v) is 17.7. The number of para-hydroxylation sites is 3. The molecular weight excluding hydrogens is 749 g/mol. The maximum absolute atomic E-state index is 5.31. The van der Waals surface area contributed by atoms with Gasteiger partial charge in [-0.25, -0.2) is 4.98 Å². The molecule has 0 amide bonds. The SMILES string of the molecule is c1ccc2c(c1)-c1ccccc1N(c1ccc(-c3cccc4c3[Si]3(c5ccccc5-4)c4ccccc4-c4cccc(-c5nc6ccccc6s5)c43)cc1)c1ccccc1-2. The van der Waals surface area contributed by atoms with Gasteiger partial charge < -0.3 is 4.90 Å². The highest BCUT2D eigenvalue weighted by Crippen LogP contribution is 2.51. The lowest BCUT2D eigenvalue weighted by Crippen LogP contribution is -2.71. The van der Waals surface area contributed by atoms with Gasteiger partial charge in [-0.3, -0.25) is 0 Å². The summed E-state index contributed by atoms with van der Waals surface area (Å²) in [5, 5.41) is 6.98. The van der Waals surface area contributed by atoms with E-state index in [1.165, 1.54) is 98.0 Å². The van der Waals surface area contributed by atoms with Gasteiger partial charge in [0.25, 0.3) is 0 Å². The summed E-state index contributed by atoms with van der Waals surface area (Å²) in [4.78, 5) is 7.76. The van der Waals surface area contributed by atoms with Crippen molar-refractivity contribution in [3.05, 3.63) is 206 Å². The monoisotopic (exact) mass is 782 g/mol. The Morgan fingerprint density at radius 3 is 1.42 bits per heavy atom. The number of aromatic nitrogens is 1. The Bertz CT molecular complexity index is 3250. The number of hydrogen-bond acceptors (Lipinski definition) is 3. The van der Waals surface area contributed by atoms with E-state index in [1.54, 1.807) is 0 Å². The third-order valence-electron chi connectivity index (χ3n) is 12.9. The fraction of sp³-hybridized carbons (Fsp3) is 0. The quantitative estimate of drug-likeness (QED) is 0.166. The van der Waals surface area contributed by atoms with Gasteiger partial charge in [0, 0.05) is 22.4 Å². The van der Waals surface area contributed by atoms with Crippen molar-refractivity contribution in [3.8, 4) is 66.2 Å². The molecule has 3 aliphatic rings. The Morgan fingerprint density at radius 1 is 0.356 bits per heavy atom. The molecule has 0 aliphatic carbocycles. The van der Waals surface area contributed by atoms with E-state index in [9.17, 15) is 0 Å². The zero-order valence-corrected chi connectivity index (χ0v) is 33.7. The van der Waals surface area contributed by atoms with Gasteiger partial charge in [-0.15, -0.1) is 11.3 Å². The molecule has 2 nitrogen and oxygen atoms in total. The summed E-state index contributed by atoms with van der Waals surface area (Å²) in [5.41, 5.74) is 18.7. The molecule has 3 aliphatic heterocycles. The largest absolute Gasteiger partial charge is 0.309 e. The first-order valence-electron chi connectivity index (χ1n) is 20.3. The Hall–Kier alpha value is -7.11. The van der Waals surface area contributed by atoms with Crippen molar-refractivity contribution in [1.82, 2.24) is 4.98 Å². The summed E-state index contributed by atoms with van der Waals surface area (Å²) < 4.78 is 1.22. The highest BCUT2D eigenvalue weighted by atomic mass is 32.1. The average molecular weight is 783 g/mol. The highest BCUT2D eigenvalue weighted by Gasteiger charge is 2.56. The molecule has 0 saturated carbocycles. The molecule has 4 heteroatoms. The van der Waals surface area contributed by atoms with Crippen molar-refractivity contribution < 1.29 is 0 Å². The van der Waals surface area contributed by atoms with Crippen LogP contribution in [0.4, 0.5) is 17.1 Å². The molecule has 59 heavy (non-hydrogen) atoms. The van der Waals surface area contributed by atoms with Crippen molar-refractivity contribution in [1.29, 1.82) is 0 Å². The first kappa shape index (κ1) is 32.9. The zero-order valence-electron chi connectivity index (χ0n) is 31.9. The molecule has 0 N–H and O–H groups in total. The Kier molecular flexibility index (Phi) is 6.94. The second-order valence-corrected chi connectivity index (χ2v) is 20.4. The first-order chi connectivity index (χ1) is 29.3. The Morgan fingerprint density at radius 2 is 0.814 bits per heavy atom. The van der Waals surface area contributed by atoms with E-state index >= 15 is 0 Å². The van der Waals surface area contributed by atoms with Crippen LogP contribution in [0, 0.1) is 0 Å². The Balaban J connectivity index is 1.05. The van der Waals surface area contributed by atoms with Gasteiger partial charge in [-0.2, -0.15) is 0 Å².